The van der Waals surface area contributed by atoms with Crippen molar-refractivity contribution in [3.05, 3.63) is 35.6 Å². The molecule has 19 heavy (non-hydrogen) atoms. The van der Waals surface area contributed by atoms with E-state index in [4.69, 9.17) is 4.74 Å². The molecule has 1 aromatic rings. The van der Waals surface area contributed by atoms with Crippen LogP contribution in [0.4, 0.5) is 4.39 Å². The largest absolute Gasteiger partial charge is 0.378 e. The molecule has 1 aromatic carbocycles. The zero-order valence-corrected chi connectivity index (χ0v) is 11.9. The SMILES string of the molecule is CCCC1CC(NC(C)c2ccccc2F)CCO1. The van der Waals surface area contributed by atoms with Crippen molar-refractivity contribution in [3.8, 4) is 0 Å². The second-order valence-corrected chi connectivity index (χ2v) is 5.41. The fraction of sp³-hybridized carbons (Fsp3) is 0.625. The maximum atomic E-state index is 13.7. The molecule has 1 fully saturated rings. The van der Waals surface area contributed by atoms with Crippen LogP contribution in [0, 0.1) is 5.82 Å². The van der Waals surface area contributed by atoms with Crippen molar-refractivity contribution in [2.75, 3.05) is 6.61 Å². The van der Waals surface area contributed by atoms with Crippen LogP contribution in [0.1, 0.15) is 51.1 Å². The monoisotopic (exact) mass is 265 g/mol. The minimum absolute atomic E-state index is 0.0478. The van der Waals surface area contributed by atoms with E-state index in [1.165, 1.54) is 6.07 Å². The van der Waals surface area contributed by atoms with Gasteiger partial charge in [-0.3, -0.25) is 0 Å². The molecule has 3 heteroatoms. The van der Waals surface area contributed by atoms with Crippen LogP contribution < -0.4 is 5.32 Å². The van der Waals surface area contributed by atoms with E-state index < -0.39 is 0 Å². The second kappa shape index (κ2) is 7.01. The summed E-state index contributed by atoms with van der Waals surface area (Å²) in [5.74, 6) is -0.125. The molecule has 0 spiro atoms. The van der Waals surface area contributed by atoms with Gasteiger partial charge < -0.3 is 10.1 Å². The zero-order chi connectivity index (χ0) is 13.7. The zero-order valence-electron chi connectivity index (χ0n) is 11.9. The third kappa shape index (κ3) is 4.02. The van der Waals surface area contributed by atoms with Crippen molar-refractivity contribution in [1.82, 2.24) is 5.32 Å². The van der Waals surface area contributed by atoms with Crippen molar-refractivity contribution >= 4 is 0 Å². The van der Waals surface area contributed by atoms with Crippen LogP contribution in [0.15, 0.2) is 24.3 Å². The first-order valence-corrected chi connectivity index (χ1v) is 7.32. The quantitative estimate of drug-likeness (QED) is 0.873. The summed E-state index contributed by atoms with van der Waals surface area (Å²) in [4.78, 5) is 0. The van der Waals surface area contributed by atoms with Crippen molar-refractivity contribution in [2.24, 2.45) is 0 Å². The topological polar surface area (TPSA) is 21.3 Å². The lowest BCUT2D eigenvalue weighted by molar-refractivity contribution is -0.00477. The van der Waals surface area contributed by atoms with Crippen LogP contribution >= 0.6 is 0 Å². The number of ether oxygens (including phenoxy) is 1. The first kappa shape index (κ1) is 14.5. The Bertz CT molecular complexity index is 394. The average Bonchev–Trinajstić information content (AvgIpc) is 2.40. The minimum atomic E-state index is -0.125. The Labute approximate surface area is 115 Å². The van der Waals surface area contributed by atoms with Gasteiger partial charge in [-0.2, -0.15) is 0 Å². The standard InChI is InChI=1S/C16H24FNO/c1-3-6-14-11-13(9-10-19-14)18-12(2)15-7-4-5-8-16(15)17/h4-5,7-8,12-14,18H,3,6,9-11H2,1-2H3. The van der Waals surface area contributed by atoms with Gasteiger partial charge in [0.1, 0.15) is 5.82 Å². The van der Waals surface area contributed by atoms with Gasteiger partial charge in [-0.1, -0.05) is 31.5 Å². The minimum Gasteiger partial charge on any atom is -0.378 e. The third-order valence-corrected chi connectivity index (χ3v) is 3.84. The smallest absolute Gasteiger partial charge is 0.127 e. The Morgan fingerprint density at radius 3 is 2.95 bits per heavy atom. The number of hydrogen-bond acceptors (Lipinski definition) is 2. The van der Waals surface area contributed by atoms with Crippen molar-refractivity contribution < 1.29 is 9.13 Å². The van der Waals surface area contributed by atoms with Gasteiger partial charge >= 0.3 is 0 Å². The number of rotatable bonds is 5. The average molecular weight is 265 g/mol. The van der Waals surface area contributed by atoms with Gasteiger partial charge in [-0.25, -0.2) is 4.39 Å². The van der Waals surface area contributed by atoms with E-state index >= 15 is 0 Å². The summed E-state index contributed by atoms with van der Waals surface area (Å²) in [6.07, 6.45) is 4.68. The predicted molar refractivity (Wildman–Crippen MR) is 75.6 cm³/mol. The molecule has 1 N–H and O–H groups in total. The normalized spacial score (nSPS) is 25.2. The van der Waals surface area contributed by atoms with Crippen molar-refractivity contribution in [2.45, 2.75) is 57.7 Å². The van der Waals surface area contributed by atoms with E-state index in [1.54, 1.807) is 6.07 Å². The molecule has 0 radical (unpaired) electrons. The lowest BCUT2D eigenvalue weighted by Crippen LogP contribution is -2.40. The molecule has 0 bridgehead atoms. The summed E-state index contributed by atoms with van der Waals surface area (Å²) in [6, 6.07) is 7.48. The Hall–Kier alpha value is -0.930. The van der Waals surface area contributed by atoms with E-state index in [9.17, 15) is 4.39 Å². The molecular weight excluding hydrogens is 241 g/mol. The first-order chi connectivity index (χ1) is 9.20. The highest BCUT2D eigenvalue weighted by Gasteiger charge is 2.23. The van der Waals surface area contributed by atoms with E-state index in [0.29, 0.717) is 12.1 Å². The summed E-state index contributed by atoms with van der Waals surface area (Å²) in [5.41, 5.74) is 0.751. The maximum Gasteiger partial charge on any atom is 0.127 e. The van der Waals surface area contributed by atoms with Crippen LogP contribution in [0.2, 0.25) is 0 Å². The van der Waals surface area contributed by atoms with Gasteiger partial charge in [0.15, 0.2) is 0 Å². The van der Waals surface area contributed by atoms with Gasteiger partial charge in [0.25, 0.3) is 0 Å². The van der Waals surface area contributed by atoms with Gasteiger partial charge in [-0.15, -0.1) is 0 Å². The Morgan fingerprint density at radius 2 is 2.21 bits per heavy atom. The van der Waals surface area contributed by atoms with E-state index in [1.807, 2.05) is 19.1 Å². The maximum absolute atomic E-state index is 13.7. The number of halogens is 1. The fourth-order valence-corrected chi connectivity index (χ4v) is 2.82. The Kier molecular flexibility index (Phi) is 5.34. The molecule has 0 aromatic heterocycles. The van der Waals surface area contributed by atoms with E-state index in [2.05, 4.69) is 12.2 Å². The lowest BCUT2D eigenvalue weighted by atomic mass is 9.98. The summed E-state index contributed by atoms with van der Waals surface area (Å²) >= 11 is 0. The molecule has 1 saturated heterocycles. The lowest BCUT2D eigenvalue weighted by Gasteiger charge is -2.32. The predicted octanol–water partition coefficient (Wildman–Crippen LogP) is 3.82. The number of nitrogens with one attached hydrogen (secondary N) is 1. The highest BCUT2D eigenvalue weighted by atomic mass is 19.1. The molecule has 0 aliphatic carbocycles. The molecule has 1 heterocycles. The molecule has 0 amide bonds. The van der Waals surface area contributed by atoms with Gasteiger partial charge in [-0.05, 0) is 32.3 Å². The first-order valence-electron chi connectivity index (χ1n) is 7.32. The number of benzene rings is 1. The highest BCUT2D eigenvalue weighted by molar-refractivity contribution is 5.20. The van der Waals surface area contributed by atoms with Crippen LogP contribution in [-0.4, -0.2) is 18.8 Å². The van der Waals surface area contributed by atoms with Crippen LogP contribution in [0.5, 0.6) is 0 Å². The van der Waals surface area contributed by atoms with Gasteiger partial charge in [0.05, 0.1) is 6.10 Å². The fourth-order valence-electron chi connectivity index (χ4n) is 2.82. The van der Waals surface area contributed by atoms with Crippen molar-refractivity contribution in [1.29, 1.82) is 0 Å². The third-order valence-electron chi connectivity index (χ3n) is 3.84. The van der Waals surface area contributed by atoms with Crippen LogP contribution in [0.25, 0.3) is 0 Å². The molecule has 1 aliphatic heterocycles. The Balaban J connectivity index is 1.91. The molecule has 2 rings (SSSR count). The molecule has 2 nitrogen and oxygen atoms in total. The van der Waals surface area contributed by atoms with E-state index in [0.717, 1.165) is 37.9 Å². The van der Waals surface area contributed by atoms with E-state index in [-0.39, 0.29) is 11.9 Å². The summed E-state index contributed by atoms with van der Waals surface area (Å²) < 4.78 is 19.5. The highest BCUT2D eigenvalue weighted by Crippen LogP contribution is 2.22. The van der Waals surface area contributed by atoms with Gasteiger partial charge in [0.2, 0.25) is 0 Å². The molecule has 3 atom stereocenters. The van der Waals surface area contributed by atoms with Crippen LogP contribution in [-0.2, 0) is 4.74 Å². The Morgan fingerprint density at radius 1 is 1.42 bits per heavy atom. The van der Waals surface area contributed by atoms with Gasteiger partial charge in [0, 0.05) is 24.3 Å². The summed E-state index contributed by atoms with van der Waals surface area (Å²) in [7, 11) is 0. The number of hydrogen-bond donors (Lipinski definition) is 1. The molecule has 106 valence electrons. The molecule has 0 saturated carbocycles. The van der Waals surface area contributed by atoms with Crippen molar-refractivity contribution in [3.63, 3.8) is 0 Å². The van der Waals surface area contributed by atoms with Crippen LogP contribution in [0.3, 0.4) is 0 Å². The molecule has 3 unspecified atom stereocenters. The summed E-state index contributed by atoms with van der Waals surface area (Å²) in [6.45, 7) is 5.03. The summed E-state index contributed by atoms with van der Waals surface area (Å²) in [5, 5.41) is 3.54. The molecule has 1 aliphatic rings. The second-order valence-electron chi connectivity index (χ2n) is 5.41. The molecular formula is C16H24FNO.